The van der Waals surface area contributed by atoms with E-state index in [4.69, 9.17) is 0 Å². The minimum absolute atomic E-state index is 0.720. The number of hydrogen-bond donors (Lipinski definition) is 0. The molecule has 0 N–H and O–H groups in total. The molecular formula is C20H17N3. The van der Waals surface area contributed by atoms with Crippen molar-refractivity contribution >= 4 is 10.9 Å². The first kappa shape index (κ1) is 13.7. The van der Waals surface area contributed by atoms with Crippen LogP contribution >= 0.6 is 0 Å². The molecule has 3 heteroatoms. The minimum Gasteiger partial charge on any atom is -0.282 e. The molecule has 0 aliphatic rings. The number of rotatable bonds is 3. The van der Waals surface area contributed by atoms with Gasteiger partial charge in [-0.25, -0.2) is 9.97 Å². The van der Waals surface area contributed by atoms with Crippen LogP contribution in [-0.2, 0) is 6.42 Å². The Balaban J connectivity index is 1.92. The zero-order valence-corrected chi connectivity index (χ0v) is 13.0. The normalized spacial score (nSPS) is 11.0. The highest BCUT2D eigenvalue weighted by molar-refractivity contribution is 5.83. The average molecular weight is 299 g/mol. The van der Waals surface area contributed by atoms with Crippen molar-refractivity contribution in [2.45, 2.75) is 13.3 Å². The lowest BCUT2D eigenvalue weighted by Crippen LogP contribution is -2.05. The van der Waals surface area contributed by atoms with Crippen LogP contribution in [0.2, 0.25) is 0 Å². The topological polar surface area (TPSA) is 30.7 Å². The van der Waals surface area contributed by atoms with Gasteiger partial charge in [0.2, 0.25) is 5.95 Å². The third kappa shape index (κ3) is 2.61. The van der Waals surface area contributed by atoms with E-state index in [1.54, 1.807) is 12.4 Å². The highest BCUT2D eigenvalue weighted by Crippen LogP contribution is 2.25. The van der Waals surface area contributed by atoms with E-state index in [-0.39, 0.29) is 0 Å². The Labute approximate surface area is 135 Å². The van der Waals surface area contributed by atoms with Crippen LogP contribution in [0.3, 0.4) is 0 Å². The van der Waals surface area contributed by atoms with Gasteiger partial charge < -0.3 is 0 Å². The van der Waals surface area contributed by atoms with Gasteiger partial charge in [-0.1, -0.05) is 42.0 Å². The summed E-state index contributed by atoms with van der Waals surface area (Å²) in [6.07, 6.45) is 4.43. The Kier molecular flexibility index (Phi) is 3.39. The number of aryl methyl sites for hydroxylation is 1. The minimum atomic E-state index is 0.720. The summed E-state index contributed by atoms with van der Waals surface area (Å²) in [5.74, 6) is 0.720. The first-order valence-corrected chi connectivity index (χ1v) is 7.73. The van der Waals surface area contributed by atoms with Crippen LogP contribution in [0.1, 0.15) is 16.8 Å². The first-order chi connectivity index (χ1) is 11.3. The summed E-state index contributed by atoms with van der Waals surface area (Å²) in [4.78, 5) is 8.90. The van der Waals surface area contributed by atoms with Gasteiger partial charge in [0.15, 0.2) is 0 Å². The van der Waals surface area contributed by atoms with Crippen LogP contribution in [0.5, 0.6) is 0 Å². The predicted molar refractivity (Wildman–Crippen MR) is 92.9 cm³/mol. The van der Waals surface area contributed by atoms with Crippen LogP contribution in [-0.4, -0.2) is 14.5 Å². The molecule has 0 atom stereocenters. The molecule has 4 rings (SSSR count). The van der Waals surface area contributed by atoms with E-state index >= 15 is 0 Å². The summed E-state index contributed by atoms with van der Waals surface area (Å²) in [5.41, 5.74) is 4.88. The molecule has 0 saturated carbocycles. The van der Waals surface area contributed by atoms with Gasteiger partial charge in [0, 0.05) is 29.9 Å². The van der Waals surface area contributed by atoms with Crippen LogP contribution in [0.25, 0.3) is 16.9 Å². The fourth-order valence-electron chi connectivity index (χ4n) is 2.97. The second kappa shape index (κ2) is 5.69. The molecule has 0 saturated heterocycles. The molecule has 112 valence electrons. The standard InChI is InChI=1S/C20H17N3/c1-15-8-9-19-17(12-15)14-18(13-16-6-3-2-4-7-16)23(19)20-21-10-5-11-22-20/h2-12,14H,13H2,1H3. The summed E-state index contributed by atoms with van der Waals surface area (Å²) in [7, 11) is 0. The summed E-state index contributed by atoms with van der Waals surface area (Å²) in [6.45, 7) is 2.12. The highest BCUT2D eigenvalue weighted by atomic mass is 15.1. The third-order valence-electron chi connectivity index (χ3n) is 4.01. The van der Waals surface area contributed by atoms with Crippen molar-refractivity contribution in [1.82, 2.24) is 14.5 Å². The van der Waals surface area contributed by atoms with Gasteiger partial charge in [0.25, 0.3) is 0 Å². The maximum atomic E-state index is 4.45. The molecule has 0 unspecified atom stereocenters. The van der Waals surface area contributed by atoms with Crippen molar-refractivity contribution < 1.29 is 0 Å². The summed E-state index contributed by atoms with van der Waals surface area (Å²) >= 11 is 0. The van der Waals surface area contributed by atoms with Gasteiger partial charge in [0.1, 0.15) is 0 Å². The molecule has 0 amide bonds. The molecule has 0 bridgehead atoms. The lowest BCUT2D eigenvalue weighted by molar-refractivity contribution is 0.899. The molecule has 0 radical (unpaired) electrons. The van der Waals surface area contributed by atoms with Gasteiger partial charge in [-0.15, -0.1) is 0 Å². The fraction of sp³-hybridized carbons (Fsp3) is 0.100. The van der Waals surface area contributed by atoms with Crippen molar-refractivity contribution in [3.8, 4) is 5.95 Å². The molecule has 4 aromatic rings. The third-order valence-corrected chi connectivity index (χ3v) is 4.01. The van der Waals surface area contributed by atoms with E-state index in [1.165, 1.54) is 22.2 Å². The Morgan fingerprint density at radius 1 is 0.870 bits per heavy atom. The Morgan fingerprint density at radius 3 is 2.43 bits per heavy atom. The van der Waals surface area contributed by atoms with Crippen molar-refractivity contribution in [1.29, 1.82) is 0 Å². The number of benzene rings is 2. The molecule has 0 aliphatic heterocycles. The second-order valence-corrected chi connectivity index (χ2v) is 5.74. The van der Waals surface area contributed by atoms with Crippen LogP contribution < -0.4 is 0 Å². The molecule has 2 aromatic carbocycles. The molecule has 2 aromatic heterocycles. The SMILES string of the molecule is Cc1ccc2c(c1)cc(Cc1ccccc1)n2-c1ncccn1. The van der Waals surface area contributed by atoms with Crippen molar-refractivity contribution in [3.05, 3.63) is 89.9 Å². The molecule has 3 nitrogen and oxygen atoms in total. The maximum absolute atomic E-state index is 4.45. The van der Waals surface area contributed by atoms with E-state index in [2.05, 4.69) is 70.0 Å². The van der Waals surface area contributed by atoms with E-state index in [0.717, 1.165) is 17.9 Å². The van der Waals surface area contributed by atoms with Crippen LogP contribution in [0.15, 0.2) is 73.1 Å². The second-order valence-electron chi connectivity index (χ2n) is 5.74. The Hall–Kier alpha value is -2.94. The van der Waals surface area contributed by atoms with Crippen LogP contribution in [0, 0.1) is 6.92 Å². The number of hydrogen-bond acceptors (Lipinski definition) is 2. The van der Waals surface area contributed by atoms with Gasteiger partial charge in [0.05, 0.1) is 5.52 Å². The van der Waals surface area contributed by atoms with E-state index < -0.39 is 0 Å². The zero-order chi connectivity index (χ0) is 15.6. The summed E-state index contributed by atoms with van der Waals surface area (Å²) < 4.78 is 2.15. The quantitative estimate of drug-likeness (QED) is 0.564. The average Bonchev–Trinajstić information content (AvgIpc) is 2.93. The first-order valence-electron chi connectivity index (χ1n) is 7.73. The zero-order valence-electron chi connectivity index (χ0n) is 13.0. The van der Waals surface area contributed by atoms with Gasteiger partial charge in [-0.2, -0.15) is 0 Å². The van der Waals surface area contributed by atoms with Gasteiger partial charge in [-0.3, -0.25) is 4.57 Å². The Bertz CT molecular complexity index is 941. The smallest absolute Gasteiger partial charge is 0.234 e. The maximum Gasteiger partial charge on any atom is 0.234 e. The number of aromatic nitrogens is 3. The molecule has 2 heterocycles. The monoisotopic (exact) mass is 299 g/mol. The van der Waals surface area contributed by atoms with Crippen LogP contribution in [0.4, 0.5) is 0 Å². The molecule has 0 aliphatic carbocycles. The molecule has 0 fully saturated rings. The van der Waals surface area contributed by atoms with Crippen molar-refractivity contribution in [2.24, 2.45) is 0 Å². The summed E-state index contributed by atoms with van der Waals surface area (Å²) in [6, 6.07) is 21.1. The van der Waals surface area contributed by atoms with Crippen molar-refractivity contribution in [3.63, 3.8) is 0 Å². The largest absolute Gasteiger partial charge is 0.282 e. The summed E-state index contributed by atoms with van der Waals surface area (Å²) in [5, 5.41) is 1.23. The van der Waals surface area contributed by atoms with E-state index in [9.17, 15) is 0 Å². The van der Waals surface area contributed by atoms with Gasteiger partial charge >= 0.3 is 0 Å². The predicted octanol–water partition coefficient (Wildman–Crippen LogP) is 4.32. The number of fused-ring (bicyclic) bond motifs is 1. The molecule has 23 heavy (non-hydrogen) atoms. The lowest BCUT2D eigenvalue weighted by Gasteiger charge is -2.09. The molecular weight excluding hydrogens is 282 g/mol. The fourth-order valence-corrected chi connectivity index (χ4v) is 2.97. The van der Waals surface area contributed by atoms with Crippen molar-refractivity contribution in [2.75, 3.05) is 0 Å². The van der Waals surface area contributed by atoms with Gasteiger partial charge in [-0.05, 0) is 36.8 Å². The van der Waals surface area contributed by atoms with E-state index in [1.807, 2.05) is 12.1 Å². The lowest BCUT2D eigenvalue weighted by atomic mass is 10.1. The van der Waals surface area contributed by atoms with E-state index in [0.29, 0.717) is 0 Å². The highest BCUT2D eigenvalue weighted by Gasteiger charge is 2.13. The Morgan fingerprint density at radius 2 is 1.65 bits per heavy atom. The molecule has 0 spiro atoms. The number of nitrogens with zero attached hydrogens (tertiary/aromatic N) is 3.